The maximum Gasteiger partial charge on any atom is 0.278 e. The minimum Gasteiger partial charge on any atom is -0.395 e. The van der Waals surface area contributed by atoms with E-state index in [1.165, 1.54) is 0 Å². The number of anilines is 2. The zero-order chi connectivity index (χ0) is 14.0. The van der Waals surface area contributed by atoms with Crippen molar-refractivity contribution in [3.05, 3.63) is 35.4 Å². The molecule has 2 aromatic heterocycles. The number of aryl methyl sites for hydroxylation is 1. The van der Waals surface area contributed by atoms with E-state index in [0.717, 1.165) is 11.3 Å². The molecule has 19 heavy (non-hydrogen) atoms. The van der Waals surface area contributed by atoms with Gasteiger partial charge in [-0.15, -0.1) is 0 Å². The van der Waals surface area contributed by atoms with Crippen LogP contribution in [0.3, 0.4) is 0 Å². The summed E-state index contributed by atoms with van der Waals surface area (Å²) in [5.74, 6) is -0.147. The van der Waals surface area contributed by atoms with Gasteiger partial charge in [-0.25, -0.2) is 0 Å². The lowest BCUT2D eigenvalue weighted by molar-refractivity contribution is 0.102. The molecule has 0 aromatic carbocycles. The van der Waals surface area contributed by atoms with Crippen molar-refractivity contribution in [3.8, 4) is 0 Å². The molecule has 4 N–H and O–H groups in total. The molecule has 0 fully saturated rings. The highest BCUT2D eigenvalue weighted by Gasteiger charge is 2.19. The first-order chi connectivity index (χ1) is 9.00. The third-order valence-electron chi connectivity index (χ3n) is 2.91. The van der Waals surface area contributed by atoms with Crippen molar-refractivity contribution in [1.82, 2.24) is 15.2 Å². The van der Waals surface area contributed by atoms with Crippen molar-refractivity contribution in [1.29, 1.82) is 0 Å². The Morgan fingerprint density at radius 3 is 2.79 bits per heavy atom. The number of nitrogens with two attached hydrogens (primary N) is 1. The van der Waals surface area contributed by atoms with Crippen LogP contribution in [0.1, 0.15) is 41.5 Å². The van der Waals surface area contributed by atoms with Crippen LogP contribution in [-0.4, -0.2) is 21.1 Å². The summed E-state index contributed by atoms with van der Waals surface area (Å²) in [4.78, 5) is 16.1. The number of nitrogen functional groups attached to an aromatic ring is 1. The normalized spacial score (nSPS) is 10.7. The van der Waals surface area contributed by atoms with Crippen LogP contribution in [0, 0.1) is 6.92 Å². The Bertz CT molecular complexity index is 603. The first-order valence-corrected chi connectivity index (χ1v) is 6.06. The van der Waals surface area contributed by atoms with Crippen LogP contribution in [0.4, 0.5) is 11.4 Å². The lowest BCUT2D eigenvalue weighted by Crippen LogP contribution is -2.15. The second-order valence-corrected chi connectivity index (χ2v) is 4.70. The van der Waals surface area contributed by atoms with E-state index in [1.807, 2.05) is 26.8 Å². The van der Waals surface area contributed by atoms with Gasteiger partial charge in [-0.1, -0.05) is 13.8 Å². The van der Waals surface area contributed by atoms with Gasteiger partial charge in [0, 0.05) is 6.20 Å². The van der Waals surface area contributed by atoms with Gasteiger partial charge in [-0.3, -0.25) is 14.9 Å². The van der Waals surface area contributed by atoms with Crippen LogP contribution in [0.5, 0.6) is 0 Å². The smallest absolute Gasteiger partial charge is 0.278 e. The van der Waals surface area contributed by atoms with E-state index in [4.69, 9.17) is 5.73 Å². The van der Waals surface area contributed by atoms with Crippen LogP contribution in [0.15, 0.2) is 18.5 Å². The van der Waals surface area contributed by atoms with Gasteiger partial charge in [-0.05, 0) is 24.5 Å². The fraction of sp³-hybridized carbons (Fsp3) is 0.308. The van der Waals surface area contributed by atoms with E-state index in [1.54, 1.807) is 12.4 Å². The lowest BCUT2D eigenvalue weighted by atomic mass is 10.1. The van der Waals surface area contributed by atoms with Crippen molar-refractivity contribution in [2.75, 3.05) is 11.1 Å². The molecule has 0 unspecified atom stereocenters. The average molecular weight is 259 g/mol. The number of aromatic amines is 1. The lowest BCUT2D eigenvalue weighted by Gasteiger charge is -2.06. The van der Waals surface area contributed by atoms with E-state index in [2.05, 4.69) is 20.5 Å². The molecule has 0 aliphatic heterocycles. The molecular weight excluding hydrogens is 242 g/mol. The maximum absolute atomic E-state index is 12.1. The van der Waals surface area contributed by atoms with Gasteiger partial charge in [0.15, 0.2) is 5.69 Å². The number of pyridine rings is 1. The number of carbonyl (C=O) groups is 1. The van der Waals surface area contributed by atoms with Crippen molar-refractivity contribution in [3.63, 3.8) is 0 Å². The number of amides is 1. The van der Waals surface area contributed by atoms with Crippen LogP contribution in [-0.2, 0) is 0 Å². The third kappa shape index (κ3) is 2.57. The Morgan fingerprint density at radius 2 is 2.21 bits per heavy atom. The van der Waals surface area contributed by atoms with Gasteiger partial charge in [0.05, 0.1) is 23.3 Å². The van der Waals surface area contributed by atoms with Crippen LogP contribution < -0.4 is 11.1 Å². The molecule has 0 bridgehead atoms. The number of hydrogen-bond acceptors (Lipinski definition) is 4. The number of nitrogens with one attached hydrogen (secondary N) is 2. The molecular formula is C13H17N5O. The monoisotopic (exact) mass is 259 g/mol. The van der Waals surface area contributed by atoms with Crippen LogP contribution in [0.25, 0.3) is 0 Å². The van der Waals surface area contributed by atoms with Gasteiger partial charge in [0.1, 0.15) is 0 Å². The summed E-state index contributed by atoms with van der Waals surface area (Å²) < 4.78 is 0. The van der Waals surface area contributed by atoms with Crippen molar-refractivity contribution in [2.24, 2.45) is 0 Å². The molecule has 6 nitrogen and oxygen atoms in total. The molecule has 100 valence electrons. The minimum absolute atomic E-state index is 0.189. The minimum atomic E-state index is -0.336. The standard InChI is InChI=1S/C13H17N5O/c1-7(2)11-10(14)12(18-17-11)13(19)16-9-6-15-5-4-8(9)3/h4-7H,14H2,1-3H3,(H,16,19)(H,17,18). The first-order valence-electron chi connectivity index (χ1n) is 6.06. The molecule has 2 rings (SSSR count). The van der Waals surface area contributed by atoms with E-state index in [9.17, 15) is 4.79 Å². The highest BCUT2D eigenvalue weighted by Crippen LogP contribution is 2.23. The first kappa shape index (κ1) is 13.1. The van der Waals surface area contributed by atoms with Gasteiger partial charge in [0.25, 0.3) is 5.91 Å². The third-order valence-corrected chi connectivity index (χ3v) is 2.91. The highest BCUT2D eigenvalue weighted by molar-refractivity contribution is 6.06. The molecule has 0 saturated heterocycles. The SMILES string of the molecule is Cc1ccncc1NC(=O)c1n[nH]c(C(C)C)c1N. The van der Waals surface area contributed by atoms with Gasteiger partial charge >= 0.3 is 0 Å². The van der Waals surface area contributed by atoms with Gasteiger partial charge in [0.2, 0.25) is 0 Å². The molecule has 0 aliphatic carbocycles. The second kappa shape index (κ2) is 5.09. The molecule has 0 atom stereocenters. The summed E-state index contributed by atoms with van der Waals surface area (Å²) in [6.07, 6.45) is 3.27. The average Bonchev–Trinajstić information content (AvgIpc) is 2.74. The molecule has 0 radical (unpaired) electrons. The summed E-state index contributed by atoms with van der Waals surface area (Å²) in [5.41, 5.74) is 8.90. The Hall–Kier alpha value is -2.37. The Morgan fingerprint density at radius 1 is 1.47 bits per heavy atom. The number of nitrogens with zero attached hydrogens (tertiary/aromatic N) is 2. The van der Waals surface area contributed by atoms with Crippen molar-refractivity contribution < 1.29 is 4.79 Å². The Balaban J connectivity index is 2.24. The number of H-pyrrole nitrogens is 1. The van der Waals surface area contributed by atoms with Gasteiger partial charge in [-0.2, -0.15) is 5.10 Å². The maximum atomic E-state index is 12.1. The van der Waals surface area contributed by atoms with Gasteiger partial charge < -0.3 is 11.1 Å². The molecule has 6 heteroatoms. The fourth-order valence-electron chi connectivity index (χ4n) is 1.75. The largest absolute Gasteiger partial charge is 0.395 e. The predicted octanol–water partition coefficient (Wildman–Crippen LogP) is 2.07. The predicted molar refractivity (Wildman–Crippen MR) is 74.0 cm³/mol. The molecule has 0 saturated carbocycles. The quantitative estimate of drug-likeness (QED) is 0.786. The number of aromatic nitrogens is 3. The summed E-state index contributed by atoms with van der Waals surface area (Å²) in [6.45, 7) is 5.86. The summed E-state index contributed by atoms with van der Waals surface area (Å²) in [6, 6.07) is 1.82. The van der Waals surface area contributed by atoms with Crippen LogP contribution in [0.2, 0.25) is 0 Å². The molecule has 0 spiro atoms. The summed E-state index contributed by atoms with van der Waals surface area (Å²) in [5, 5.41) is 9.54. The second-order valence-electron chi connectivity index (χ2n) is 4.70. The zero-order valence-corrected chi connectivity index (χ0v) is 11.2. The van der Waals surface area contributed by atoms with E-state index in [0.29, 0.717) is 11.4 Å². The highest BCUT2D eigenvalue weighted by atomic mass is 16.2. The summed E-state index contributed by atoms with van der Waals surface area (Å²) >= 11 is 0. The van der Waals surface area contributed by atoms with Crippen LogP contribution >= 0.6 is 0 Å². The fourth-order valence-corrected chi connectivity index (χ4v) is 1.75. The topological polar surface area (TPSA) is 96.7 Å². The van der Waals surface area contributed by atoms with E-state index < -0.39 is 0 Å². The van der Waals surface area contributed by atoms with Crippen molar-refractivity contribution >= 4 is 17.3 Å². The number of hydrogen-bond donors (Lipinski definition) is 3. The zero-order valence-electron chi connectivity index (χ0n) is 11.2. The Kier molecular flexibility index (Phi) is 3.50. The molecule has 1 amide bonds. The molecule has 0 aliphatic rings. The molecule has 2 heterocycles. The molecule has 2 aromatic rings. The summed E-state index contributed by atoms with van der Waals surface area (Å²) in [7, 11) is 0. The number of carbonyl (C=O) groups excluding carboxylic acids is 1. The van der Waals surface area contributed by atoms with E-state index in [-0.39, 0.29) is 17.5 Å². The van der Waals surface area contributed by atoms with Crippen molar-refractivity contribution in [2.45, 2.75) is 26.7 Å². The Labute approximate surface area is 111 Å². The van der Waals surface area contributed by atoms with E-state index >= 15 is 0 Å². The number of rotatable bonds is 3.